The van der Waals surface area contributed by atoms with Gasteiger partial charge in [0.25, 0.3) is 5.91 Å². The van der Waals surface area contributed by atoms with E-state index >= 15 is 0 Å². The minimum atomic E-state index is -3.72. The van der Waals surface area contributed by atoms with Crippen LogP contribution in [0.5, 0.6) is 0 Å². The fourth-order valence-corrected chi connectivity index (χ4v) is 6.16. The number of hydrogen-bond donors (Lipinski definition) is 0. The monoisotopic (exact) mass is 543 g/mol. The standard InChI is InChI=1S/C26H26ClN3O4S2/c1-3-34-16-15-30-23-14-11-21(27)17-24(23)35-26(30)28-25(31)20-9-12-22(13-10-20)36(32,33)29(2)18-19-7-5-4-6-8-19/h4-14,17H,3,15-16,18H2,1-2H3. The fraction of sp³-hybridized carbons (Fsp3) is 0.231. The molecule has 0 saturated carbocycles. The molecule has 10 heteroatoms. The molecule has 0 unspecified atom stereocenters. The van der Waals surface area contributed by atoms with Crippen LogP contribution in [0.4, 0.5) is 0 Å². The second kappa shape index (κ2) is 11.5. The van der Waals surface area contributed by atoms with E-state index in [0.717, 1.165) is 15.8 Å². The summed E-state index contributed by atoms with van der Waals surface area (Å²) in [4.78, 5) is 18.0. The van der Waals surface area contributed by atoms with Crippen LogP contribution in [0.3, 0.4) is 0 Å². The van der Waals surface area contributed by atoms with Gasteiger partial charge in [-0.05, 0) is 55.0 Å². The summed E-state index contributed by atoms with van der Waals surface area (Å²) in [6.07, 6.45) is 0. The molecule has 0 saturated heterocycles. The number of halogens is 1. The number of ether oxygens (including phenoxy) is 1. The SMILES string of the molecule is CCOCCn1c(=NC(=O)c2ccc(S(=O)(=O)N(C)Cc3ccccc3)cc2)sc2cc(Cl)ccc21. The third-order valence-corrected chi connectivity index (χ3v) is 8.66. The first kappa shape index (κ1) is 26.2. The van der Waals surface area contributed by atoms with Gasteiger partial charge in [0.15, 0.2) is 4.80 Å². The van der Waals surface area contributed by atoms with Gasteiger partial charge in [0, 0.05) is 37.3 Å². The minimum absolute atomic E-state index is 0.112. The molecule has 1 amide bonds. The van der Waals surface area contributed by atoms with Gasteiger partial charge in [-0.15, -0.1) is 0 Å². The van der Waals surface area contributed by atoms with E-state index in [2.05, 4.69) is 4.99 Å². The Morgan fingerprint density at radius 2 is 1.81 bits per heavy atom. The van der Waals surface area contributed by atoms with Gasteiger partial charge < -0.3 is 9.30 Å². The predicted molar refractivity (Wildman–Crippen MR) is 143 cm³/mol. The summed E-state index contributed by atoms with van der Waals surface area (Å²) < 4.78 is 35.6. The Morgan fingerprint density at radius 1 is 1.08 bits per heavy atom. The summed E-state index contributed by atoms with van der Waals surface area (Å²) in [7, 11) is -2.18. The Hall–Kier alpha value is -2.82. The lowest BCUT2D eigenvalue weighted by Crippen LogP contribution is -2.26. The number of hydrogen-bond acceptors (Lipinski definition) is 5. The summed E-state index contributed by atoms with van der Waals surface area (Å²) in [5, 5.41) is 0.604. The average Bonchev–Trinajstić information content (AvgIpc) is 3.20. The maximum atomic E-state index is 13.0. The number of aromatic nitrogens is 1. The third kappa shape index (κ3) is 5.93. The number of fused-ring (bicyclic) bond motifs is 1. The average molecular weight is 544 g/mol. The van der Waals surface area contributed by atoms with E-state index in [4.69, 9.17) is 16.3 Å². The van der Waals surface area contributed by atoms with Crippen molar-refractivity contribution in [2.75, 3.05) is 20.3 Å². The number of thiazole rings is 1. The van der Waals surface area contributed by atoms with Crippen LogP contribution in [0.25, 0.3) is 10.2 Å². The number of rotatable bonds is 9. The van der Waals surface area contributed by atoms with Crippen molar-refractivity contribution in [2.45, 2.75) is 24.9 Å². The number of sulfonamides is 1. The van der Waals surface area contributed by atoms with Crippen molar-refractivity contribution in [2.24, 2.45) is 4.99 Å². The molecule has 36 heavy (non-hydrogen) atoms. The van der Waals surface area contributed by atoms with Crippen molar-refractivity contribution in [3.05, 3.63) is 93.7 Å². The molecular formula is C26H26ClN3O4S2. The zero-order valence-electron chi connectivity index (χ0n) is 19.9. The van der Waals surface area contributed by atoms with Crippen molar-refractivity contribution in [1.29, 1.82) is 0 Å². The normalized spacial score (nSPS) is 12.5. The van der Waals surface area contributed by atoms with Crippen molar-refractivity contribution in [3.8, 4) is 0 Å². The molecule has 0 aliphatic heterocycles. The van der Waals surface area contributed by atoms with Gasteiger partial charge in [-0.25, -0.2) is 8.42 Å². The highest BCUT2D eigenvalue weighted by Gasteiger charge is 2.21. The van der Waals surface area contributed by atoms with Crippen molar-refractivity contribution in [1.82, 2.24) is 8.87 Å². The highest BCUT2D eigenvalue weighted by Crippen LogP contribution is 2.22. The lowest BCUT2D eigenvalue weighted by Gasteiger charge is -2.17. The zero-order chi connectivity index (χ0) is 25.7. The fourth-order valence-electron chi connectivity index (χ4n) is 3.67. The molecule has 188 valence electrons. The molecule has 1 aromatic heterocycles. The maximum Gasteiger partial charge on any atom is 0.279 e. The molecule has 0 aliphatic carbocycles. The number of benzene rings is 3. The van der Waals surface area contributed by atoms with E-state index in [1.807, 2.05) is 54.0 Å². The Labute approximate surface area is 219 Å². The highest BCUT2D eigenvalue weighted by atomic mass is 35.5. The third-order valence-electron chi connectivity index (χ3n) is 5.56. The largest absolute Gasteiger partial charge is 0.380 e. The van der Waals surface area contributed by atoms with E-state index < -0.39 is 15.9 Å². The van der Waals surface area contributed by atoms with E-state index in [1.54, 1.807) is 6.07 Å². The first-order valence-corrected chi connectivity index (χ1v) is 14.0. The van der Waals surface area contributed by atoms with Crippen LogP contribution < -0.4 is 4.80 Å². The van der Waals surface area contributed by atoms with Gasteiger partial charge in [0.05, 0.1) is 21.7 Å². The molecule has 0 aliphatic rings. The van der Waals surface area contributed by atoms with Gasteiger partial charge >= 0.3 is 0 Å². The second-order valence-electron chi connectivity index (χ2n) is 8.03. The molecule has 1 heterocycles. The Balaban J connectivity index is 1.59. The Bertz CT molecular complexity index is 1530. The first-order valence-electron chi connectivity index (χ1n) is 11.4. The number of carbonyl (C=O) groups excluding carboxylic acids is 1. The smallest absolute Gasteiger partial charge is 0.279 e. The molecule has 0 fully saturated rings. The van der Waals surface area contributed by atoms with Gasteiger partial charge in [-0.3, -0.25) is 4.79 Å². The summed E-state index contributed by atoms with van der Waals surface area (Å²) in [6.45, 7) is 3.78. The van der Waals surface area contributed by atoms with Crippen LogP contribution in [-0.4, -0.2) is 43.5 Å². The summed E-state index contributed by atoms with van der Waals surface area (Å²) in [5.41, 5.74) is 2.10. The summed E-state index contributed by atoms with van der Waals surface area (Å²) in [5.74, 6) is -0.459. The molecule has 3 aromatic carbocycles. The quantitative estimate of drug-likeness (QED) is 0.280. The van der Waals surface area contributed by atoms with Crippen LogP contribution >= 0.6 is 22.9 Å². The topological polar surface area (TPSA) is 81.0 Å². The molecule has 7 nitrogen and oxygen atoms in total. The summed E-state index contributed by atoms with van der Waals surface area (Å²) >= 11 is 7.51. The van der Waals surface area contributed by atoms with Gasteiger partial charge in [0.2, 0.25) is 10.0 Å². The van der Waals surface area contributed by atoms with Crippen molar-refractivity contribution >= 4 is 49.1 Å². The van der Waals surface area contributed by atoms with Crippen LogP contribution in [-0.2, 0) is 27.8 Å². The lowest BCUT2D eigenvalue weighted by atomic mass is 10.2. The molecule has 0 bridgehead atoms. The molecule has 4 aromatic rings. The molecule has 0 N–H and O–H groups in total. The summed E-state index contributed by atoms with van der Waals surface area (Å²) in [6, 6.07) is 20.8. The molecule has 0 spiro atoms. The van der Waals surface area contributed by atoms with E-state index in [0.29, 0.717) is 35.1 Å². The highest BCUT2D eigenvalue weighted by molar-refractivity contribution is 7.89. The Kier molecular flexibility index (Phi) is 8.38. The van der Waals surface area contributed by atoms with E-state index in [1.165, 1.54) is 47.0 Å². The molecule has 4 rings (SSSR count). The lowest BCUT2D eigenvalue weighted by molar-refractivity contribution is 0.0996. The number of nitrogens with zero attached hydrogens (tertiary/aromatic N) is 3. The van der Waals surface area contributed by atoms with Gasteiger partial charge in [-0.1, -0.05) is 53.3 Å². The van der Waals surface area contributed by atoms with Crippen molar-refractivity contribution < 1.29 is 17.9 Å². The molecule has 0 radical (unpaired) electrons. The van der Waals surface area contributed by atoms with Crippen LogP contribution in [0.2, 0.25) is 5.02 Å². The van der Waals surface area contributed by atoms with Crippen LogP contribution in [0.1, 0.15) is 22.8 Å². The van der Waals surface area contributed by atoms with E-state index in [-0.39, 0.29) is 11.4 Å². The molecular weight excluding hydrogens is 518 g/mol. The van der Waals surface area contributed by atoms with Gasteiger partial charge in [-0.2, -0.15) is 9.30 Å². The second-order valence-corrected chi connectivity index (χ2v) is 11.5. The first-order chi connectivity index (χ1) is 17.3. The number of amides is 1. The molecule has 0 atom stereocenters. The van der Waals surface area contributed by atoms with Crippen LogP contribution in [0.15, 0.2) is 82.7 Å². The number of carbonyl (C=O) groups is 1. The van der Waals surface area contributed by atoms with Gasteiger partial charge in [0.1, 0.15) is 0 Å². The van der Waals surface area contributed by atoms with Crippen LogP contribution in [0, 0.1) is 0 Å². The predicted octanol–water partition coefficient (Wildman–Crippen LogP) is 4.95. The van der Waals surface area contributed by atoms with E-state index in [9.17, 15) is 13.2 Å². The zero-order valence-corrected chi connectivity index (χ0v) is 22.3. The maximum absolute atomic E-state index is 13.0. The van der Waals surface area contributed by atoms with Crippen molar-refractivity contribution in [3.63, 3.8) is 0 Å². The Morgan fingerprint density at radius 3 is 2.50 bits per heavy atom. The minimum Gasteiger partial charge on any atom is -0.380 e.